The molecule has 0 amide bonds. The third kappa shape index (κ3) is 4.54. The quantitative estimate of drug-likeness (QED) is 0.476. The van der Waals surface area contributed by atoms with Crippen molar-refractivity contribution in [1.29, 1.82) is 0 Å². The molecule has 1 N–H and O–H groups in total. The number of nitrogens with one attached hydrogen (secondary N) is 1. The van der Waals surface area contributed by atoms with Crippen molar-refractivity contribution < 1.29 is 9.47 Å². The van der Waals surface area contributed by atoms with Gasteiger partial charge in [-0.3, -0.25) is 4.90 Å². The number of imidazole rings is 1. The predicted octanol–water partition coefficient (Wildman–Crippen LogP) is 4.89. The number of anilines is 2. The van der Waals surface area contributed by atoms with E-state index in [2.05, 4.69) is 40.4 Å². The molecule has 2 aromatic carbocycles. The second-order valence-electron chi connectivity index (χ2n) is 8.31. The molecule has 1 aliphatic heterocycles. The van der Waals surface area contributed by atoms with Crippen molar-refractivity contribution in [3.05, 3.63) is 90.0 Å². The first kappa shape index (κ1) is 21.0. The van der Waals surface area contributed by atoms with Gasteiger partial charge in [-0.05, 0) is 43.8 Å². The van der Waals surface area contributed by atoms with E-state index < -0.39 is 0 Å². The Hall–Kier alpha value is -3.84. The number of methoxy groups -OCH3 is 1. The minimum atomic E-state index is -0.0711. The normalized spacial score (nSPS) is 15.9. The summed E-state index contributed by atoms with van der Waals surface area (Å²) in [5, 5.41) is 3.39. The third-order valence-electron chi connectivity index (χ3n) is 5.72. The Kier molecular flexibility index (Phi) is 5.71. The molecule has 5 rings (SSSR count). The summed E-state index contributed by atoms with van der Waals surface area (Å²) >= 11 is 0. The molecule has 7 heteroatoms. The molecule has 0 fully saturated rings. The fourth-order valence-electron chi connectivity index (χ4n) is 4.08. The van der Waals surface area contributed by atoms with Crippen LogP contribution in [0.1, 0.15) is 22.9 Å². The molecule has 33 heavy (non-hydrogen) atoms. The van der Waals surface area contributed by atoms with E-state index in [0.717, 1.165) is 52.9 Å². The van der Waals surface area contributed by atoms with E-state index in [1.54, 1.807) is 13.4 Å². The number of pyridine rings is 1. The van der Waals surface area contributed by atoms with Crippen molar-refractivity contribution in [3.63, 3.8) is 0 Å². The van der Waals surface area contributed by atoms with Gasteiger partial charge in [-0.25, -0.2) is 4.98 Å². The molecule has 2 aromatic heterocycles. The molecule has 0 saturated carbocycles. The molecule has 4 aromatic rings. The average molecular weight is 442 g/mol. The average Bonchev–Trinajstić information content (AvgIpc) is 3.18. The van der Waals surface area contributed by atoms with E-state index in [1.165, 1.54) is 0 Å². The second-order valence-corrected chi connectivity index (χ2v) is 8.31. The lowest BCUT2D eigenvalue weighted by molar-refractivity contribution is 0.160. The maximum Gasteiger partial charge on any atom is 0.220 e. The van der Waals surface area contributed by atoms with E-state index in [-0.39, 0.29) is 6.10 Å². The van der Waals surface area contributed by atoms with Gasteiger partial charge in [0, 0.05) is 36.6 Å². The number of hydrogen-bond donors (Lipinski definition) is 1. The molecule has 0 spiro atoms. The third-order valence-corrected chi connectivity index (χ3v) is 5.72. The largest absolute Gasteiger partial charge is 0.494 e. The van der Waals surface area contributed by atoms with E-state index in [1.807, 2.05) is 60.2 Å². The van der Waals surface area contributed by atoms with Gasteiger partial charge in [0.15, 0.2) is 0 Å². The van der Waals surface area contributed by atoms with Crippen LogP contribution in [0, 0.1) is 6.92 Å². The highest BCUT2D eigenvalue weighted by atomic mass is 16.5. The van der Waals surface area contributed by atoms with Gasteiger partial charge in [-0.1, -0.05) is 30.3 Å². The van der Waals surface area contributed by atoms with Crippen molar-refractivity contribution in [2.75, 3.05) is 26.0 Å². The van der Waals surface area contributed by atoms with Gasteiger partial charge in [0.25, 0.3) is 0 Å². The van der Waals surface area contributed by atoms with E-state index >= 15 is 0 Å². The van der Waals surface area contributed by atoms with E-state index in [9.17, 15) is 0 Å². The molecule has 0 radical (unpaired) electrons. The van der Waals surface area contributed by atoms with E-state index in [4.69, 9.17) is 14.5 Å². The van der Waals surface area contributed by atoms with Crippen LogP contribution in [0.3, 0.4) is 0 Å². The maximum absolute atomic E-state index is 6.39. The molecular formula is C26H27N5O2. The van der Waals surface area contributed by atoms with Gasteiger partial charge < -0.3 is 19.4 Å². The minimum Gasteiger partial charge on any atom is -0.494 e. The van der Waals surface area contributed by atoms with Gasteiger partial charge in [0.2, 0.25) is 5.88 Å². The van der Waals surface area contributed by atoms with Crippen molar-refractivity contribution >= 4 is 11.5 Å². The second kappa shape index (κ2) is 8.96. The molecule has 0 bridgehead atoms. The molecule has 0 saturated heterocycles. The first-order chi connectivity index (χ1) is 16.1. The zero-order chi connectivity index (χ0) is 22.8. The zero-order valence-electron chi connectivity index (χ0n) is 19.0. The van der Waals surface area contributed by atoms with Crippen LogP contribution in [-0.4, -0.2) is 40.1 Å². The number of rotatable bonds is 5. The Bertz CT molecular complexity index is 1250. The van der Waals surface area contributed by atoms with Crippen LogP contribution in [0.4, 0.5) is 11.5 Å². The Labute approximate surface area is 193 Å². The van der Waals surface area contributed by atoms with Gasteiger partial charge >= 0.3 is 0 Å². The number of likely N-dealkylation sites (N-methyl/N-ethyl adjacent to an activating group) is 1. The Balaban J connectivity index is 1.41. The summed E-state index contributed by atoms with van der Waals surface area (Å²) in [7, 11) is 3.78. The summed E-state index contributed by atoms with van der Waals surface area (Å²) in [6.45, 7) is 3.55. The first-order valence-corrected chi connectivity index (χ1v) is 10.9. The van der Waals surface area contributed by atoms with Crippen LogP contribution in [0.25, 0.3) is 5.69 Å². The lowest BCUT2D eigenvalue weighted by atomic mass is 10.1. The Morgan fingerprint density at radius 2 is 1.94 bits per heavy atom. The first-order valence-electron chi connectivity index (χ1n) is 10.9. The number of benzene rings is 2. The zero-order valence-corrected chi connectivity index (χ0v) is 19.0. The number of nitrogens with zero attached hydrogens (tertiary/aromatic N) is 4. The maximum atomic E-state index is 6.39. The van der Waals surface area contributed by atoms with Crippen molar-refractivity contribution in [2.45, 2.75) is 19.6 Å². The number of aryl methyl sites for hydroxylation is 1. The van der Waals surface area contributed by atoms with Crippen LogP contribution < -0.4 is 14.8 Å². The fraction of sp³-hybridized carbons (Fsp3) is 0.231. The van der Waals surface area contributed by atoms with Gasteiger partial charge in [0.1, 0.15) is 17.7 Å². The van der Waals surface area contributed by atoms with Crippen LogP contribution in [0.5, 0.6) is 11.6 Å². The highest BCUT2D eigenvalue weighted by Gasteiger charge is 2.23. The molecule has 0 aliphatic carbocycles. The van der Waals surface area contributed by atoms with Gasteiger partial charge in [-0.15, -0.1) is 0 Å². The van der Waals surface area contributed by atoms with Gasteiger partial charge in [0.05, 0.1) is 24.8 Å². The monoisotopic (exact) mass is 441 g/mol. The molecule has 1 atom stereocenters. The van der Waals surface area contributed by atoms with Crippen LogP contribution in [0.2, 0.25) is 0 Å². The van der Waals surface area contributed by atoms with E-state index in [0.29, 0.717) is 5.88 Å². The standard InChI is InChI=1S/C26H27N5O2/c1-18-14-31(17-27-18)22-11-10-21(13-23(22)32-3)28-25-12-9-20-15-30(2)16-24(33-26(20)29-25)19-7-5-4-6-8-19/h4-14,17,24H,15-16H2,1-3H3,(H,28,29)/t24-/m1/s1. The molecule has 168 valence electrons. The summed E-state index contributed by atoms with van der Waals surface area (Å²) in [6.07, 6.45) is 3.68. The lowest BCUT2D eigenvalue weighted by Crippen LogP contribution is -2.24. The van der Waals surface area contributed by atoms with Crippen molar-refractivity contribution in [3.8, 4) is 17.3 Å². The lowest BCUT2D eigenvalue weighted by Gasteiger charge is -2.20. The Morgan fingerprint density at radius 3 is 2.70 bits per heavy atom. The van der Waals surface area contributed by atoms with Crippen molar-refractivity contribution in [1.82, 2.24) is 19.4 Å². The molecule has 1 aliphatic rings. The summed E-state index contributed by atoms with van der Waals surface area (Å²) in [4.78, 5) is 11.4. The summed E-state index contributed by atoms with van der Waals surface area (Å²) in [6, 6.07) is 20.3. The number of aromatic nitrogens is 3. The highest BCUT2D eigenvalue weighted by Crippen LogP contribution is 2.32. The summed E-state index contributed by atoms with van der Waals surface area (Å²) < 4.78 is 14.0. The highest BCUT2D eigenvalue weighted by molar-refractivity contribution is 5.63. The van der Waals surface area contributed by atoms with Crippen molar-refractivity contribution in [2.24, 2.45) is 0 Å². The Morgan fingerprint density at radius 1 is 1.09 bits per heavy atom. The molecule has 0 unspecified atom stereocenters. The van der Waals surface area contributed by atoms with Crippen LogP contribution in [-0.2, 0) is 6.54 Å². The molecular weight excluding hydrogens is 414 g/mol. The summed E-state index contributed by atoms with van der Waals surface area (Å²) in [5.41, 5.74) is 4.98. The topological polar surface area (TPSA) is 64.4 Å². The van der Waals surface area contributed by atoms with Crippen LogP contribution in [0.15, 0.2) is 73.2 Å². The number of hydrogen-bond acceptors (Lipinski definition) is 6. The molecule has 3 heterocycles. The number of fused-ring (bicyclic) bond motifs is 1. The SMILES string of the molecule is COc1cc(Nc2ccc3c(n2)O[C@@H](c2ccccc2)CN(C)C3)ccc1-n1cnc(C)c1. The smallest absolute Gasteiger partial charge is 0.220 e. The molecule has 7 nitrogen and oxygen atoms in total. The fourth-order valence-corrected chi connectivity index (χ4v) is 4.08. The van der Waals surface area contributed by atoms with Crippen LogP contribution >= 0.6 is 0 Å². The number of ether oxygens (including phenoxy) is 2. The summed E-state index contributed by atoms with van der Waals surface area (Å²) in [5.74, 6) is 2.13. The minimum absolute atomic E-state index is 0.0711. The predicted molar refractivity (Wildman–Crippen MR) is 129 cm³/mol. The van der Waals surface area contributed by atoms with Gasteiger partial charge in [-0.2, -0.15) is 4.98 Å².